The minimum absolute atomic E-state index is 0.674. The zero-order valence-corrected chi connectivity index (χ0v) is 12.5. The van der Waals surface area contributed by atoms with E-state index in [0.29, 0.717) is 6.04 Å². The lowest BCUT2D eigenvalue weighted by atomic mass is 9.76. The third kappa shape index (κ3) is 4.38. The van der Waals surface area contributed by atoms with Gasteiger partial charge in [0, 0.05) is 12.5 Å². The molecule has 1 fully saturated rings. The van der Waals surface area contributed by atoms with Crippen molar-refractivity contribution >= 4 is 0 Å². The van der Waals surface area contributed by atoms with Crippen molar-refractivity contribution in [3.63, 3.8) is 0 Å². The lowest BCUT2D eigenvalue weighted by molar-refractivity contribution is 0.211. The highest BCUT2D eigenvalue weighted by atomic mass is 16.3. The van der Waals surface area contributed by atoms with Gasteiger partial charge in [0.15, 0.2) is 0 Å². The number of aryl methyl sites for hydroxylation is 1. The lowest BCUT2D eigenvalue weighted by Gasteiger charge is -2.34. The Morgan fingerprint density at radius 1 is 1.26 bits per heavy atom. The molecule has 1 N–H and O–H groups in total. The van der Waals surface area contributed by atoms with Crippen molar-refractivity contribution in [1.82, 2.24) is 5.32 Å². The van der Waals surface area contributed by atoms with Crippen LogP contribution in [-0.2, 0) is 6.42 Å². The molecule has 19 heavy (non-hydrogen) atoms. The summed E-state index contributed by atoms with van der Waals surface area (Å²) in [6.45, 7) is 5.64. The predicted molar refractivity (Wildman–Crippen MR) is 80.2 cm³/mol. The van der Waals surface area contributed by atoms with Crippen LogP contribution in [0.15, 0.2) is 22.8 Å². The Morgan fingerprint density at radius 2 is 2.05 bits per heavy atom. The van der Waals surface area contributed by atoms with E-state index in [1.165, 1.54) is 38.5 Å². The number of hydrogen-bond donors (Lipinski definition) is 1. The molecule has 0 bridgehead atoms. The smallest absolute Gasteiger partial charge is 0.103 e. The van der Waals surface area contributed by atoms with Gasteiger partial charge in [-0.2, -0.15) is 0 Å². The van der Waals surface area contributed by atoms with E-state index < -0.39 is 0 Å². The third-order valence-electron chi connectivity index (χ3n) is 4.79. The van der Waals surface area contributed by atoms with Crippen LogP contribution in [0.25, 0.3) is 0 Å². The van der Waals surface area contributed by atoms with E-state index in [-0.39, 0.29) is 0 Å². The van der Waals surface area contributed by atoms with Crippen molar-refractivity contribution in [1.29, 1.82) is 0 Å². The van der Waals surface area contributed by atoms with Crippen molar-refractivity contribution in [3.05, 3.63) is 24.2 Å². The van der Waals surface area contributed by atoms with Crippen LogP contribution < -0.4 is 5.32 Å². The fourth-order valence-corrected chi connectivity index (χ4v) is 3.52. The van der Waals surface area contributed by atoms with Crippen LogP contribution in [0.3, 0.4) is 0 Å². The maximum absolute atomic E-state index is 5.46. The first-order valence-corrected chi connectivity index (χ1v) is 8.09. The summed E-state index contributed by atoms with van der Waals surface area (Å²) in [7, 11) is 0. The summed E-state index contributed by atoms with van der Waals surface area (Å²) in [4.78, 5) is 0. The molecule has 2 nitrogen and oxygen atoms in total. The molecule has 1 aromatic rings. The van der Waals surface area contributed by atoms with Crippen LogP contribution in [0.5, 0.6) is 0 Å². The molecule has 1 atom stereocenters. The van der Waals surface area contributed by atoms with Gasteiger partial charge >= 0.3 is 0 Å². The summed E-state index contributed by atoms with van der Waals surface area (Å²) in [5.41, 5.74) is 0. The Bertz CT molecular complexity index is 325. The SMILES string of the molecule is CCNC(CCc1ccco1)C1CCC(CC)CC1. The predicted octanol–water partition coefficient (Wildman–Crippen LogP) is 4.41. The standard InChI is InChI=1S/C17H29NO/c1-3-14-7-9-15(10-8-14)17(18-4-2)12-11-16-6-5-13-19-16/h5-6,13-15,17-18H,3-4,7-12H2,1-2H3. The van der Waals surface area contributed by atoms with Gasteiger partial charge in [0.2, 0.25) is 0 Å². The second-order valence-electron chi connectivity index (χ2n) is 5.97. The van der Waals surface area contributed by atoms with E-state index in [1.54, 1.807) is 6.26 Å². The van der Waals surface area contributed by atoms with Gasteiger partial charge in [0.25, 0.3) is 0 Å². The Kier molecular flexibility index (Phi) is 5.96. The maximum Gasteiger partial charge on any atom is 0.103 e. The van der Waals surface area contributed by atoms with Crippen LogP contribution >= 0.6 is 0 Å². The lowest BCUT2D eigenvalue weighted by Crippen LogP contribution is -2.38. The molecule has 0 aromatic carbocycles. The zero-order chi connectivity index (χ0) is 13.5. The summed E-state index contributed by atoms with van der Waals surface area (Å²) in [5, 5.41) is 3.71. The Labute approximate surface area is 118 Å². The fourth-order valence-electron chi connectivity index (χ4n) is 3.52. The van der Waals surface area contributed by atoms with Gasteiger partial charge in [-0.05, 0) is 49.8 Å². The summed E-state index contributed by atoms with van der Waals surface area (Å²) in [6.07, 6.45) is 11.1. The largest absolute Gasteiger partial charge is 0.469 e. The second kappa shape index (κ2) is 7.74. The van der Waals surface area contributed by atoms with E-state index >= 15 is 0 Å². The average Bonchev–Trinajstić information content (AvgIpc) is 2.97. The van der Waals surface area contributed by atoms with Crippen molar-refractivity contribution in [2.24, 2.45) is 11.8 Å². The Morgan fingerprint density at radius 3 is 2.63 bits per heavy atom. The van der Waals surface area contributed by atoms with Gasteiger partial charge in [0.1, 0.15) is 5.76 Å². The number of nitrogens with one attached hydrogen (secondary N) is 1. The highest BCUT2D eigenvalue weighted by Gasteiger charge is 2.26. The van der Waals surface area contributed by atoms with Crippen molar-refractivity contribution in [2.45, 2.75) is 64.8 Å². The van der Waals surface area contributed by atoms with Gasteiger partial charge in [-0.1, -0.05) is 33.1 Å². The molecule has 1 unspecified atom stereocenters. The topological polar surface area (TPSA) is 25.2 Å². The molecule has 1 saturated carbocycles. The molecule has 1 aliphatic rings. The molecule has 1 aromatic heterocycles. The molecule has 0 radical (unpaired) electrons. The summed E-state index contributed by atoms with van der Waals surface area (Å²) in [6, 6.07) is 4.76. The number of hydrogen-bond acceptors (Lipinski definition) is 2. The Hall–Kier alpha value is -0.760. The normalized spacial score (nSPS) is 25.4. The minimum Gasteiger partial charge on any atom is -0.469 e. The van der Waals surface area contributed by atoms with Crippen LogP contribution in [-0.4, -0.2) is 12.6 Å². The molecular formula is C17H29NO. The fraction of sp³-hybridized carbons (Fsp3) is 0.765. The first kappa shape index (κ1) is 14.6. The zero-order valence-electron chi connectivity index (χ0n) is 12.5. The van der Waals surface area contributed by atoms with Crippen molar-refractivity contribution in [3.8, 4) is 0 Å². The van der Waals surface area contributed by atoms with Crippen LogP contribution in [0.2, 0.25) is 0 Å². The molecule has 0 amide bonds. The minimum atomic E-state index is 0.674. The molecule has 0 aliphatic heterocycles. The summed E-state index contributed by atoms with van der Waals surface area (Å²) < 4.78 is 5.46. The average molecular weight is 263 g/mol. The molecule has 1 aliphatic carbocycles. The Balaban J connectivity index is 1.81. The molecule has 0 spiro atoms. The van der Waals surface area contributed by atoms with Crippen LogP contribution in [0.4, 0.5) is 0 Å². The number of furan rings is 1. The van der Waals surface area contributed by atoms with Crippen molar-refractivity contribution < 1.29 is 4.42 Å². The first-order chi connectivity index (χ1) is 9.33. The van der Waals surface area contributed by atoms with E-state index in [9.17, 15) is 0 Å². The number of rotatable bonds is 7. The van der Waals surface area contributed by atoms with Gasteiger partial charge in [-0.25, -0.2) is 0 Å². The highest BCUT2D eigenvalue weighted by Crippen LogP contribution is 2.33. The summed E-state index contributed by atoms with van der Waals surface area (Å²) in [5.74, 6) is 2.99. The third-order valence-corrected chi connectivity index (χ3v) is 4.79. The molecule has 108 valence electrons. The second-order valence-corrected chi connectivity index (χ2v) is 5.97. The van der Waals surface area contributed by atoms with E-state index in [0.717, 1.165) is 30.6 Å². The monoisotopic (exact) mass is 263 g/mol. The van der Waals surface area contributed by atoms with Crippen LogP contribution in [0.1, 0.15) is 58.1 Å². The summed E-state index contributed by atoms with van der Waals surface area (Å²) >= 11 is 0. The maximum atomic E-state index is 5.46. The van der Waals surface area contributed by atoms with E-state index in [1.807, 2.05) is 6.07 Å². The molecular weight excluding hydrogens is 234 g/mol. The van der Waals surface area contributed by atoms with Gasteiger partial charge in [-0.15, -0.1) is 0 Å². The molecule has 1 heterocycles. The van der Waals surface area contributed by atoms with E-state index in [2.05, 4.69) is 25.2 Å². The molecule has 2 heteroatoms. The van der Waals surface area contributed by atoms with Crippen LogP contribution in [0, 0.1) is 11.8 Å². The van der Waals surface area contributed by atoms with E-state index in [4.69, 9.17) is 4.42 Å². The quantitative estimate of drug-likeness (QED) is 0.788. The van der Waals surface area contributed by atoms with Gasteiger partial charge < -0.3 is 9.73 Å². The van der Waals surface area contributed by atoms with Crippen molar-refractivity contribution in [2.75, 3.05) is 6.54 Å². The first-order valence-electron chi connectivity index (χ1n) is 8.09. The van der Waals surface area contributed by atoms with Gasteiger partial charge in [0.05, 0.1) is 6.26 Å². The molecule has 0 saturated heterocycles. The van der Waals surface area contributed by atoms with Gasteiger partial charge in [-0.3, -0.25) is 0 Å². The molecule has 2 rings (SSSR count). The highest BCUT2D eigenvalue weighted by molar-refractivity contribution is 4.99.